The highest BCUT2D eigenvalue weighted by molar-refractivity contribution is 8.00. The van der Waals surface area contributed by atoms with Gasteiger partial charge in [0.2, 0.25) is 23.8 Å². The molecule has 8 aromatic carbocycles. The highest BCUT2D eigenvalue weighted by Crippen LogP contribution is 2.38. The summed E-state index contributed by atoms with van der Waals surface area (Å²) in [4.78, 5) is 3.39. The number of alkyl halides is 6. The second-order valence-electron chi connectivity index (χ2n) is 24.4. The largest absolute Gasteiger partial charge is 0.497 e. The summed E-state index contributed by atoms with van der Waals surface area (Å²) >= 11 is 7.63. The zero-order chi connectivity index (χ0) is 82.7. The zero-order valence-corrected chi connectivity index (χ0v) is 67.0. The number of anilines is 10. The minimum absolute atomic E-state index is 0.0966. The van der Waals surface area contributed by atoms with Gasteiger partial charge in [-0.25, -0.2) is 0 Å². The van der Waals surface area contributed by atoms with E-state index in [2.05, 4.69) is 139 Å². The highest BCUT2D eigenvalue weighted by atomic mass is 32.2. The fourth-order valence-electron chi connectivity index (χ4n) is 10.8. The Bertz CT molecular complexity index is 6420. The van der Waals surface area contributed by atoms with Gasteiger partial charge in [-0.2, -0.15) is 74.4 Å². The molecule has 0 saturated heterocycles. The van der Waals surface area contributed by atoms with Crippen LogP contribution in [0.3, 0.4) is 0 Å². The van der Waals surface area contributed by atoms with Gasteiger partial charge in [-0.05, 0) is 188 Å². The number of hydrogen-bond acceptors (Lipinski definition) is 28. The SMILES string of the molecule is COc1ccc(Nc2nnc3ccc(Sc4ccccc4)nn23)cc1.COc1cccc(Nc2nnc3ccc(Sc4ccccc4)nn23)c1.COc1ccccc1Nc1nnc2ccc(Sc3ccccc3)nn12.CSc1ccc2nnc(Nc3cccc(C(F)(F)F)c3)n2n1.CSc1ccc2nnc(Nc3ccccc3C(F)(F)F)n2n1. The van der Waals surface area contributed by atoms with E-state index < -0.39 is 23.5 Å². The molecule has 18 rings (SSSR count). The van der Waals surface area contributed by atoms with Gasteiger partial charge in [0.05, 0.1) is 43.8 Å². The van der Waals surface area contributed by atoms with E-state index in [1.165, 1.54) is 62.9 Å². The Labute approximate surface area is 694 Å². The van der Waals surface area contributed by atoms with Crippen molar-refractivity contribution in [2.24, 2.45) is 0 Å². The summed E-state index contributed by atoms with van der Waals surface area (Å²) in [5.41, 5.74) is 4.22. The molecule has 18 aromatic rings. The molecule has 0 atom stereocenters. The summed E-state index contributed by atoms with van der Waals surface area (Å²) in [5.74, 6) is 4.34. The van der Waals surface area contributed by atoms with Gasteiger partial charge in [0.25, 0.3) is 5.95 Å². The first-order valence-electron chi connectivity index (χ1n) is 35.4. The van der Waals surface area contributed by atoms with Crippen molar-refractivity contribution in [3.05, 3.63) is 284 Å². The molecular formula is C80H65F6N25O3S5. The Balaban J connectivity index is 0.000000122. The second kappa shape index (κ2) is 38.3. The third-order valence-corrected chi connectivity index (χ3v) is 20.5. The maximum absolute atomic E-state index is 13.0. The number of benzene rings is 8. The van der Waals surface area contributed by atoms with Crippen LogP contribution in [0.15, 0.2) is 313 Å². The van der Waals surface area contributed by atoms with Crippen LogP contribution in [0.5, 0.6) is 17.2 Å². The Hall–Kier alpha value is -13.8. The normalized spacial score (nSPS) is 11.2. The van der Waals surface area contributed by atoms with Gasteiger partial charge < -0.3 is 40.8 Å². The molecule has 10 heterocycles. The van der Waals surface area contributed by atoms with Gasteiger partial charge >= 0.3 is 12.4 Å². The third kappa shape index (κ3) is 21.3. The van der Waals surface area contributed by atoms with E-state index in [4.69, 9.17) is 14.2 Å². The van der Waals surface area contributed by atoms with Crippen LogP contribution in [0.25, 0.3) is 28.2 Å². The predicted octanol–water partition coefficient (Wildman–Crippen LogP) is 19.3. The maximum atomic E-state index is 13.0. The summed E-state index contributed by atoms with van der Waals surface area (Å²) in [5, 5.41) is 82.2. The standard InChI is InChI=1S/3C18H15N5OS.2C13H10F3N5S/c1-24-14-7-5-6-13(12-14)19-18-21-20-16-10-11-17(22-23(16)18)25-15-8-3-2-4-9-15;1-24-15-10-6-5-9-14(15)19-18-21-20-16-11-12-17(22-23(16)18)25-13-7-3-2-4-8-13;1-24-14-9-7-13(8-10-14)19-18-21-20-16-11-12-17(22-23(16)18)25-15-5-3-2-4-6-15;1-22-11-6-5-10-18-19-12(21(10)20-11)17-9-4-2-3-8(7-9)13(14,15)16;1-22-11-7-6-10-18-19-12(21(10)20-11)17-9-5-3-2-4-8(9)13(14,15)16/h3*2-12H,1H3,(H,19,21);2*2-7H,1H3,(H,17,19). The molecule has 39 heteroatoms. The van der Waals surface area contributed by atoms with Crippen molar-refractivity contribution in [3.63, 3.8) is 0 Å². The summed E-state index contributed by atoms with van der Waals surface area (Å²) < 4.78 is 101. The number of nitrogens with zero attached hydrogens (tertiary/aromatic N) is 20. The maximum Gasteiger partial charge on any atom is 0.418 e. The smallest absolute Gasteiger partial charge is 0.418 e. The molecule has 0 amide bonds. The van der Waals surface area contributed by atoms with Gasteiger partial charge in [0.1, 0.15) is 42.4 Å². The molecule has 10 aromatic heterocycles. The zero-order valence-electron chi connectivity index (χ0n) is 63.0. The first kappa shape index (κ1) is 81.8. The highest BCUT2D eigenvalue weighted by Gasteiger charge is 2.34. The number of halogens is 6. The quantitative estimate of drug-likeness (QED) is 0.0330. The number of nitrogens with one attached hydrogen (secondary N) is 5. The van der Waals surface area contributed by atoms with E-state index in [0.29, 0.717) is 51.1 Å². The van der Waals surface area contributed by atoms with E-state index >= 15 is 0 Å². The van der Waals surface area contributed by atoms with E-state index in [9.17, 15) is 26.3 Å². The fraction of sp³-hybridized carbons (Fsp3) is 0.0875. The lowest BCUT2D eigenvalue weighted by molar-refractivity contribution is -0.138. The van der Waals surface area contributed by atoms with Crippen molar-refractivity contribution in [1.82, 2.24) is 99.1 Å². The Morgan fingerprint density at radius 1 is 0.286 bits per heavy atom. The van der Waals surface area contributed by atoms with Crippen LogP contribution in [-0.4, -0.2) is 133 Å². The lowest BCUT2D eigenvalue weighted by atomic mass is 10.1. The molecule has 0 bridgehead atoms. The van der Waals surface area contributed by atoms with E-state index in [0.717, 1.165) is 87.3 Å². The molecule has 28 nitrogen and oxygen atoms in total. The first-order valence-corrected chi connectivity index (χ1v) is 40.3. The van der Waals surface area contributed by atoms with Crippen molar-refractivity contribution >= 4 is 145 Å². The summed E-state index contributed by atoms with van der Waals surface area (Å²) in [7, 11) is 4.92. The lowest BCUT2D eigenvalue weighted by Gasteiger charge is -2.13. The van der Waals surface area contributed by atoms with Gasteiger partial charge in [-0.3, -0.25) is 0 Å². The van der Waals surface area contributed by atoms with Gasteiger partial charge in [0.15, 0.2) is 28.2 Å². The van der Waals surface area contributed by atoms with Crippen LogP contribution >= 0.6 is 58.8 Å². The molecule has 0 aliphatic rings. The number of para-hydroxylation sites is 3. The Morgan fingerprint density at radius 3 is 1.04 bits per heavy atom. The van der Waals surface area contributed by atoms with Crippen molar-refractivity contribution in [2.45, 2.75) is 52.2 Å². The van der Waals surface area contributed by atoms with Crippen molar-refractivity contribution in [3.8, 4) is 17.2 Å². The molecule has 0 unspecified atom stereocenters. The number of rotatable bonds is 21. The first-order chi connectivity index (χ1) is 57.9. The number of aromatic nitrogens is 20. The number of fused-ring (bicyclic) bond motifs is 5. The molecule has 119 heavy (non-hydrogen) atoms. The predicted molar refractivity (Wildman–Crippen MR) is 447 cm³/mol. The monoisotopic (exact) mass is 1700 g/mol. The average Bonchev–Trinajstić information content (AvgIpc) is 1.67. The third-order valence-electron chi connectivity index (χ3n) is 16.5. The summed E-state index contributed by atoms with van der Waals surface area (Å²) in [6.45, 7) is 0. The van der Waals surface area contributed by atoms with Crippen LogP contribution < -0.4 is 40.8 Å². The molecule has 0 aliphatic heterocycles. The van der Waals surface area contributed by atoms with Crippen LogP contribution in [0.4, 0.5) is 84.5 Å². The topological polar surface area (TPSA) is 303 Å². The number of thioether (sulfide) groups is 2. The number of methoxy groups -OCH3 is 3. The molecule has 600 valence electrons. The Morgan fingerprint density at radius 2 is 0.639 bits per heavy atom. The molecule has 0 spiro atoms. The molecular weight excluding hydrogens is 1630 g/mol. The summed E-state index contributed by atoms with van der Waals surface area (Å²) in [6.07, 6.45) is -5.13. The van der Waals surface area contributed by atoms with Crippen molar-refractivity contribution in [1.29, 1.82) is 0 Å². The van der Waals surface area contributed by atoms with Crippen LogP contribution in [0.1, 0.15) is 11.1 Å². The summed E-state index contributed by atoms with van der Waals surface area (Å²) in [6, 6.07) is 81.9. The minimum atomic E-state index is -4.46. The fourth-order valence-corrected chi connectivity index (χ4v) is 13.9. The van der Waals surface area contributed by atoms with Crippen molar-refractivity contribution in [2.75, 3.05) is 60.4 Å². The van der Waals surface area contributed by atoms with Crippen LogP contribution in [0, 0.1) is 0 Å². The van der Waals surface area contributed by atoms with Crippen LogP contribution in [-0.2, 0) is 12.4 Å². The van der Waals surface area contributed by atoms with E-state index in [1.54, 1.807) is 94.4 Å². The van der Waals surface area contributed by atoms with Crippen LogP contribution in [0.2, 0.25) is 0 Å². The number of ether oxygens (including phenoxy) is 3. The minimum Gasteiger partial charge on any atom is -0.497 e. The average molecular weight is 1700 g/mol. The van der Waals surface area contributed by atoms with Crippen molar-refractivity contribution < 1.29 is 40.6 Å². The Kier molecular flexibility index (Phi) is 26.4. The van der Waals surface area contributed by atoms with Gasteiger partial charge in [-0.1, -0.05) is 126 Å². The lowest BCUT2D eigenvalue weighted by Crippen LogP contribution is -2.10. The molecule has 0 aliphatic carbocycles. The van der Waals surface area contributed by atoms with Gasteiger partial charge in [-0.15, -0.1) is 74.5 Å². The molecule has 0 saturated carbocycles. The number of hydrogen-bond donors (Lipinski definition) is 5. The second-order valence-corrected chi connectivity index (χ2v) is 29.3. The molecule has 5 N–H and O–H groups in total. The molecule has 0 fully saturated rings. The van der Waals surface area contributed by atoms with Gasteiger partial charge in [0, 0.05) is 37.8 Å². The van der Waals surface area contributed by atoms with E-state index in [-0.39, 0.29) is 23.3 Å². The molecule has 0 radical (unpaired) electrons. The van der Waals surface area contributed by atoms with E-state index in [1.807, 2.05) is 176 Å².